The number of carbonyl (C=O) groups is 3. The van der Waals surface area contributed by atoms with Crippen molar-refractivity contribution in [3.05, 3.63) is 35.4 Å². The van der Waals surface area contributed by atoms with Crippen molar-refractivity contribution < 1.29 is 42.9 Å². The number of nitrogens with zero attached hydrogens (tertiary/aromatic N) is 1. The molecule has 0 bridgehead atoms. The van der Waals surface area contributed by atoms with Gasteiger partial charge in [-0.25, -0.2) is 8.42 Å². The first-order valence-electron chi connectivity index (χ1n) is 9.79. The van der Waals surface area contributed by atoms with E-state index in [2.05, 4.69) is 17.2 Å². The fourth-order valence-electron chi connectivity index (χ4n) is 4.01. The van der Waals surface area contributed by atoms with Crippen LogP contribution in [0.4, 0.5) is 0 Å². The normalized spacial score (nSPS) is 30.7. The molecule has 33 heavy (non-hydrogen) atoms. The number of Topliss-reactive ketones (excluding diaryl/α,β-unsaturated/α-hetero) is 3. The molecule has 1 aromatic carbocycles. The van der Waals surface area contributed by atoms with E-state index in [4.69, 9.17) is 4.74 Å². The molecule has 1 saturated heterocycles. The van der Waals surface area contributed by atoms with Crippen LogP contribution in [-0.2, 0) is 34.7 Å². The molecule has 0 aromatic heterocycles. The van der Waals surface area contributed by atoms with Gasteiger partial charge in [0.05, 0.1) is 10.9 Å². The molecule has 0 aliphatic carbocycles. The van der Waals surface area contributed by atoms with E-state index in [-0.39, 0.29) is 5.56 Å². The average Bonchev–Trinajstić information content (AvgIpc) is 2.71. The maximum atomic E-state index is 13.5. The standard InChI is InChI=1S/C21H25NO9S2/c1-11-5-7-15(8-6-11)9-33(29,30)18-19(22-10-32)31-17(16(26)12(2)23)20(27,13(3)24)21(18,28)14(4)25/h5-8,16-19,26-28H,9H2,1-4H3/t16?,17-,18+,19-,20-,21-/m1/s1. The molecule has 1 unspecified atom stereocenters. The van der Waals surface area contributed by atoms with Crippen LogP contribution in [0.3, 0.4) is 0 Å². The minimum absolute atomic E-state index is 0.286. The molecule has 0 saturated carbocycles. The molecule has 0 spiro atoms. The van der Waals surface area contributed by atoms with Crippen LogP contribution in [0, 0.1) is 6.92 Å². The number of ether oxygens (including phenoxy) is 1. The van der Waals surface area contributed by atoms with Crippen LogP contribution < -0.4 is 0 Å². The molecule has 0 radical (unpaired) electrons. The predicted octanol–water partition coefficient (Wildman–Crippen LogP) is -0.304. The predicted molar refractivity (Wildman–Crippen MR) is 119 cm³/mol. The molecule has 6 atom stereocenters. The van der Waals surface area contributed by atoms with Gasteiger partial charge < -0.3 is 20.1 Å². The second kappa shape index (κ2) is 9.59. The first-order chi connectivity index (χ1) is 15.1. The lowest BCUT2D eigenvalue weighted by molar-refractivity contribution is -0.264. The van der Waals surface area contributed by atoms with Gasteiger partial charge in [0.25, 0.3) is 0 Å². The van der Waals surface area contributed by atoms with Crippen molar-refractivity contribution in [1.82, 2.24) is 0 Å². The summed E-state index contributed by atoms with van der Waals surface area (Å²) in [5.41, 5.74) is -5.51. The van der Waals surface area contributed by atoms with Crippen LogP contribution in [0.25, 0.3) is 0 Å². The van der Waals surface area contributed by atoms with Gasteiger partial charge in [0.2, 0.25) is 0 Å². The summed E-state index contributed by atoms with van der Waals surface area (Å²) in [4.78, 5) is 40.8. The van der Waals surface area contributed by atoms with Crippen molar-refractivity contribution in [3.63, 3.8) is 0 Å². The van der Waals surface area contributed by atoms with Gasteiger partial charge in [-0.3, -0.25) is 14.4 Å². The number of aliphatic hydroxyl groups excluding tert-OH is 1. The Morgan fingerprint density at radius 1 is 1.12 bits per heavy atom. The van der Waals surface area contributed by atoms with Gasteiger partial charge in [0, 0.05) is 0 Å². The SMILES string of the molecule is CC(=O)C(O)[C@H]1O[C@@H](N=C=S)[C@H](S(=O)(=O)Cc2ccc(C)cc2)[C@](O)(C(C)=O)[C@@]1(O)C(C)=O. The number of sulfone groups is 1. The van der Waals surface area contributed by atoms with Crippen LogP contribution in [0.5, 0.6) is 0 Å². The van der Waals surface area contributed by atoms with Crippen LogP contribution in [-0.4, -0.2) is 81.1 Å². The van der Waals surface area contributed by atoms with E-state index >= 15 is 0 Å². The quantitative estimate of drug-likeness (QED) is 0.319. The molecule has 1 heterocycles. The van der Waals surface area contributed by atoms with Crippen molar-refractivity contribution >= 4 is 44.6 Å². The first-order valence-corrected chi connectivity index (χ1v) is 11.9. The highest BCUT2D eigenvalue weighted by atomic mass is 32.2. The fraction of sp³-hybridized carbons (Fsp3) is 0.524. The third-order valence-corrected chi connectivity index (χ3v) is 7.97. The zero-order valence-electron chi connectivity index (χ0n) is 18.4. The van der Waals surface area contributed by atoms with Crippen molar-refractivity contribution in [2.24, 2.45) is 4.99 Å². The summed E-state index contributed by atoms with van der Waals surface area (Å²) in [6.45, 7) is 4.24. The van der Waals surface area contributed by atoms with Gasteiger partial charge in [0.1, 0.15) is 17.5 Å². The number of hydrogen-bond donors (Lipinski definition) is 3. The molecule has 1 aliphatic rings. The van der Waals surface area contributed by atoms with Gasteiger partial charge in [-0.2, -0.15) is 4.99 Å². The molecule has 180 valence electrons. The van der Waals surface area contributed by atoms with Crippen molar-refractivity contribution in [3.8, 4) is 0 Å². The Morgan fingerprint density at radius 2 is 1.64 bits per heavy atom. The van der Waals surface area contributed by atoms with Crippen molar-refractivity contribution in [2.75, 3.05) is 0 Å². The van der Waals surface area contributed by atoms with E-state index in [1.54, 1.807) is 19.1 Å². The highest BCUT2D eigenvalue weighted by Crippen LogP contribution is 2.45. The summed E-state index contributed by atoms with van der Waals surface area (Å²) in [5.74, 6) is -4.30. The Kier molecular flexibility index (Phi) is 7.87. The van der Waals surface area contributed by atoms with Crippen LogP contribution in [0.15, 0.2) is 29.3 Å². The molecular formula is C21H25NO9S2. The summed E-state index contributed by atoms with van der Waals surface area (Å²) in [6.07, 6.45) is -6.39. The summed E-state index contributed by atoms with van der Waals surface area (Å²) in [6, 6.07) is 6.33. The van der Waals surface area contributed by atoms with Crippen LogP contribution in [0.1, 0.15) is 31.9 Å². The number of ketones is 3. The van der Waals surface area contributed by atoms with Crippen LogP contribution in [0.2, 0.25) is 0 Å². The molecule has 0 amide bonds. The smallest absolute Gasteiger partial charge is 0.189 e. The minimum Gasteiger partial charge on any atom is -0.382 e. The molecule has 1 fully saturated rings. The second-order valence-corrected chi connectivity index (χ2v) is 10.4. The number of isothiocyanates is 1. The number of aliphatic hydroxyl groups is 3. The van der Waals surface area contributed by atoms with E-state index in [9.17, 15) is 38.1 Å². The van der Waals surface area contributed by atoms with Gasteiger partial charge in [-0.15, -0.1) is 0 Å². The molecular weight excluding hydrogens is 474 g/mol. The highest BCUT2D eigenvalue weighted by Gasteiger charge is 2.74. The van der Waals surface area contributed by atoms with Gasteiger partial charge in [-0.05, 0) is 45.5 Å². The summed E-state index contributed by atoms with van der Waals surface area (Å²) in [5, 5.41) is 32.8. The number of hydrogen-bond acceptors (Lipinski definition) is 11. The summed E-state index contributed by atoms with van der Waals surface area (Å²) in [7, 11) is -4.60. The number of benzene rings is 1. The monoisotopic (exact) mass is 499 g/mol. The lowest BCUT2D eigenvalue weighted by Crippen LogP contribution is -2.81. The number of carbonyl (C=O) groups excluding carboxylic acids is 3. The van der Waals surface area contributed by atoms with E-state index in [1.165, 1.54) is 12.1 Å². The van der Waals surface area contributed by atoms with Crippen molar-refractivity contribution in [2.45, 2.75) is 68.3 Å². The highest BCUT2D eigenvalue weighted by molar-refractivity contribution is 7.91. The fourth-order valence-corrected chi connectivity index (χ4v) is 6.29. The Hall–Kier alpha value is -2.18. The first kappa shape index (κ1) is 27.1. The number of aliphatic imine (C=N–C) groups is 1. The third kappa shape index (κ3) is 4.60. The van der Waals surface area contributed by atoms with Crippen LogP contribution >= 0.6 is 12.2 Å². The molecule has 3 N–H and O–H groups in total. The Bertz CT molecular complexity index is 1110. The largest absolute Gasteiger partial charge is 0.382 e. The zero-order valence-corrected chi connectivity index (χ0v) is 20.0. The second-order valence-electron chi connectivity index (χ2n) is 8.08. The molecule has 1 aliphatic heterocycles. The van der Waals surface area contributed by atoms with Crippen molar-refractivity contribution in [1.29, 1.82) is 0 Å². The molecule has 12 heteroatoms. The lowest BCUT2D eigenvalue weighted by atomic mass is 9.67. The maximum Gasteiger partial charge on any atom is 0.189 e. The number of aryl methyl sites for hydroxylation is 1. The Morgan fingerprint density at radius 3 is 2.06 bits per heavy atom. The molecule has 2 rings (SSSR count). The third-order valence-electron chi connectivity index (χ3n) is 5.78. The lowest BCUT2D eigenvalue weighted by Gasteiger charge is -2.53. The zero-order chi connectivity index (χ0) is 25.4. The molecule has 10 nitrogen and oxygen atoms in total. The maximum absolute atomic E-state index is 13.5. The van der Waals surface area contributed by atoms with E-state index in [0.29, 0.717) is 0 Å². The Balaban J connectivity index is 2.82. The number of rotatable bonds is 8. The molecule has 1 aromatic rings. The summed E-state index contributed by atoms with van der Waals surface area (Å²) >= 11 is 4.54. The van der Waals surface area contributed by atoms with E-state index in [1.807, 2.05) is 5.16 Å². The topological polar surface area (TPSA) is 168 Å². The van der Waals surface area contributed by atoms with E-state index < -0.39 is 67.8 Å². The summed E-state index contributed by atoms with van der Waals surface area (Å²) < 4.78 is 32.4. The minimum atomic E-state index is -4.60. The van der Waals surface area contributed by atoms with Gasteiger partial charge in [0.15, 0.2) is 44.6 Å². The average molecular weight is 500 g/mol. The van der Waals surface area contributed by atoms with Gasteiger partial charge >= 0.3 is 0 Å². The van der Waals surface area contributed by atoms with E-state index in [0.717, 1.165) is 26.3 Å². The Labute approximate surface area is 196 Å². The number of thiocarbonyl (C=S) groups is 1. The van der Waals surface area contributed by atoms with Gasteiger partial charge in [-0.1, -0.05) is 29.8 Å².